The number of hydrogen-bond donors (Lipinski definition) is 2. The van der Waals surface area contributed by atoms with Gasteiger partial charge in [-0.05, 0) is 43.4 Å². The van der Waals surface area contributed by atoms with Crippen molar-refractivity contribution in [3.05, 3.63) is 5.28 Å². The minimum absolute atomic E-state index is 0.207. The lowest BCUT2D eigenvalue weighted by atomic mass is 10.3. The van der Waals surface area contributed by atoms with Gasteiger partial charge in [0.2, 0.25) is 17.2 Å². The number of halogens is 1. The summed E-state index contributed by atoms with van der Waals surface area (Å²) in [5, 5.41) is 6.47. The Balaban J connectivity index is 2.54. The zero-order valence-electron chi connectivity index (χ0n) is 11.0. The highest BCUT2D eigenvalue weighted by atomic mass is 35.5. The third-order valence-corrected chi connectivity index (χ3v) is 3.32. The van der Waals surface area contributed by atoms with E-state index in [4.69, 9.17) is 11.6 Å². The highest BCUT2D eigenvalue weighted by Crippen LogP contribution is 2.12. The van der Waals surface area contributed by atoms with Crippen LogP contribution in [0.25, 0.3) is 0 Å². The first-order chi connectivity index (χ1) is 8.65. The molecule has 1 aromatic rings. The van der Waals surface area contributed by atoms with E-state index in [1.807, 2.05) is 18.7 Å². The standard InChI is InChI=1S/C11H20ClN5S/c1-4-13-10-15-9(12)16-11(17-10)14-8(3)6-7-18-5-2/h8H,4-7H2,1-3H3,(H2,13,14,15,16,17). The topological polar surface area (TPSA) is 62.7 Å². The summed E-state index contributed by atoms with van der Waals surface area (Å²) in [6, 6.07) is 0.317. The molecule has 102 valence electrons. The molecule has 0 fully saturated rings. The zero-order valence-corrected chi connectivity index (χ0v) is 12.6. The smallest absolute Gasteiger partial charge is 0.229 e. The quantitative estimate of drug-likeness (QED) is 0.718. The molecule has 5 nitrogen and oxygen atoms in total. The van der Waals surface area contributed by atoms with Gasteiger partial charge < -0.3 is 10.6 Å². The maximum absolute atomic E-state index is 5.85. The molecule has 0 aliphatic heterocycles. The minimum Gasteiger partial charge on any atom is -0.354 e. The van der Waals surface area contributed by atoms with Gasteiger partial charge in [0.25, 0.3) is 0 Å². The highest BCUT2D eigenvalue weighted by molar-refractivity contribution is 7.99. The van der Waals surface area contributed by atoms with Crippen molar-refractivity contribution >= 4 is 35.3 Å². The maximum atomic E-state index is 5.85. The molecule has 1 rings (SSSR count). The van der Waals surface area contributed by atoms with Gasteiger partial charge in [0.05, 0.1) is 0 Å². The molecule has 0 saturated carbocycles. The molecule has 0 bridgehead atoms. The molecule has 0 aliphatic rings. The predicted octanol–water partition coefficient (Wildman–Crippen LogP) is 2.90. The van der Waals surface area contributed by atoms with Crippen LogP contribution in [0.4, 0.5) is 11.9 Å². The van der Waals surface area contributed by atoms with E-state index in [1.165, 1.54) is 0 Å². The van der Waals surface area contributed by atoms with Crippen molar-refractivity contribution in [3.63, 3.8) is 0 Å². The van der Waals surface area contributed by atoms with E-state index in [-0.39, 0.29) is 5.28 Å². The van der Waals surface area contributed by atoms with Crippen molar-refractivity contribution in [2.45, 2.75) is 33.2 Å². The number of thioether (sulfide) groups is 1. The Kier molecular flexibility index (Phi) is 7.12. The second kappa shape index (κ2) is 8.37. The molecule has 0 aromatic carbocycles. The molecule has 1 aromatic heterocycles. The summed E-state index contributed by atoms with van der Waals surface area (Å²) in [6.07, 6.45) is 1.07. The second-order valence-electron chi connectivity index (χ2n) is 3.81. The molecule has 7 heteroatoms. The van der Waals surface area contributed by atoms with Gasteiger partial charge in [0.15, 0.2) is 0 Å². The van der Waals surface area contributed by atoms with Crippen LogP contribution in [0, 0.1) is 0 Å². The van der Waals surface area contributed by atoms with Crippen LogP contribution in [0.1, 0.15) is 27.2 Å². The lowest BCUT2D eigenvalue weighted by molar-refractivity contribution is 0.758. The van der Waals surface area contributed by atoms with Gasteiger partial charge in [0.1, 0.15) is 0 Å². The van der Waals surface area contributed by atoms with Crippen LogP contribution < -0.4 is 10.6 Å². The van der Waals surface area contributed by atoms with Gasteiger partial charge in [-0.3, -0.25) is 0 Å². The summed E-state index contributed by atoms with van der Waals surface area (Å²) in [4.78, 5) is 12.3. The summed E-state index contributed by atoms with van der Waals surface area (Å²) in [5.41, 5.74) is 0. The third kappa shape index (κ3) is 5.73. The van der Waals surface area contributed by atoms with Gasteiger partial charge >= 0.3 is 0 Å². The molecule has 0 radical (unpaired) electrons. The van der Waals surface area contributed by atoms with Gasteiger partial charge in [-0.25, -0.2) is 0 Å². The molecular weight excluding hydrogens is 270 g/mol. The van der Waals surface area contributed by atoms with E-state index < -0.39 is 0 Å². The van der Waals surface area contributed by atoms with Crippen molar-refractivity contribution in [3.8, 4) is 0 Å². The Labute approximate surface area is 118 Å². The molecule has 0 saturated heterocycles. The Morgan fingerprint density at radius 3 is 2.61 bits per heavy atom. The van der Waals surface area contributed by atoms with Gasteiger partial charge in [-0.2, -0.15) is 26.7 Å². The van der Waals surface area contributed by atoms with Crippen LogP contribution in [0.2, 0.25) is 5.28 Å². The molecule has 1 unspecified atom stereocenters. The number of anilines is 2. The normalized spacial score (nSPS) is 12.2. The lowest BCUT2D eigenvalue weighted by Gasteiger charge is -2.13. The number of nitrogens with zero attached hydrogens (tertiary/aromatic N) is 3. The summed E-state index contributed by atoms with van der Waals surface area (Å²) >= 11 is 7.78. The van der Waals surface area contributed by atoms with Crippen LogP contribution >= 0.6 is 23.4 Å². The van der Waals surface area contributed by atoms with E-state index in [0.717, 1.165) is 24.5 Å². The average molecular weight is 290 g/mol. The molecule has 0 amide bonds. The number of rotatable bonds is 8. The Morgan fingerprint density at radius 1 is 1.22 bits per heavy atom. The van der Waals surface area contributed by atoms with E-state index in [9.17, 15) is 0 Å². The Morgan fingerprint density at radius 2 is 1.94 bits per heavy atom. The number of hydrogen-bond acceptors (Lipinski definition) is 6. The van der Waals surface area contributed by atoms with E-state index in [1.54, 1.807) is 0 Å². The molecular formula is C11H20ClN5S. The van der Waals surface area contributed by atoms with E-state index in [0.29, 0.717) is 17.9 Å². The number of nitrogens with one attached hydrogen (secondary N) is 2. The van der Waals surface area contributed by atoms with Crippen molar-refractivity contribution in [2.24, 2.45) is 0 Å². The average Bonchev–Trinajstić information content (AvgIpc) is 2.28. The van der Waals surface area contributed by atoms with Crippen LogP contribution in [0.15, 0.2) is 0 Å². The van der Waals surface area contributed by atoms with Gasteiger partial charge in [-0.1, -0.05) is 6.92 Å². The molecule has 0 aliphatic carbocycles. The van der Waals surface area contributed by atoms with Crippen LogP contribution in [0.5, 0.6) is 0 Å². The first-order valence-electron chi connectivity index (χ1n) is 6.15. The minimum atomic E-state index is 0.207. The monoisotopic (exact) mass is 289 g/mol. The van der Waals surface area contributed by atoms with Gasteiger partial charge in [0, 0.05) is 12.6 Å². The summed E-state index contributed by atoms with van der Waals surface area (Å²) in [6.45, 7) is 7.01. The maximum Gasteiger partial charge on any atom is 0.229 e. The first kappa shape index (κ1) is 15.3. The van der Waals surface area contributed by atoms with Crippen LogP contribution in [-0.2, 0) is 0 Å². The SMILES string of the molecule is CCNc1nc(Cl)nc(NC(C)CCSCC)n1. The molecule has 0 spiro atoms. The number of aromatic nitrogens is 3. The molecule has 1 atom stereocenters. The van der Waals surface area contributed by atoms with Crippen molar-refractivity contribution < 1.29 is 0 Å². The Bertz CT molecular complexity index is 363. The molecule has 1 heterocycles. The van der Waals surface area contributed by atoms with Crippen LogP contribution in [0.3, 0.4) is 0 Å². The fourth-order valence-electron chi connectivity index (χ4n) is 1.35. The fourth-order valence-corrected chi connectivity index (χ4v) is 2.32. The first-order valence-corrected chi connectivity index (χ1v) is 7.68. The second-order valence-corrected chi connectivity index (χ2v) is 5.54. The summed E-state index contributed by atoms with van der Waals surface area (Å²) < 4.78 is 0. The largest absolute Gasteiger partial charge is 0.354 e. The van der Waals surface area contributed by atoms with Crippen molar-refractivity contribution in [2.75, 3.05) is 28.7 Å². The zero-order chi connectivity index (χ0) is 13.4. The highest BCUT2D eigenvalue weighted by Gasteiger charge is 2.07. The van der Waals surface area contributed by atoms with Gasteiger partial charge in [-0.15, -0.1) is 0 Å². The molecule has 18 heavy (non-hydrogen) atoms. The third-order valence-electron chi connectivity index (χ3n) is 2.22. The van der Waals surface area contributed by atoms with Crippen molar-refractivity contribution in [1.29, 1.82) is 0 Å². The van der Waals surface area contributed by atoms with E-state index >= 15 is 0 Å². The lowest BCUT2D eigenvalue weighted by Crippen LogP contribution is -2.19. The molecule has 2 N–H and O–H groups in total. The van der Waals surface area contributed by atoms with E-state index in [2.05, 4.69) is 39.4 Å². The van der Waals surface area contributed by atoms with Crippen molar-refractivity contribution in [1.82, 2.24) is 15.0 Å². The predicted molar refractivity (Wildman–Crippen MR) is 79.7 cm³/mol. The van der Waals surface area contributed by atoms with Crippen LogP contribution in [-0.4, -0.2) is 39.0 Å². The summed E-state index contributed by atoms with van der Waals surface area (Å²) in [5.74, 6) is 3.31. The summed E-state index contributed by atoms with van der Waals surface area (Å²) in [7, 11) is 0. The Hall–Kier alpha value is -0.750. The fraction of sp³-hybridized carbons (Fsp3) is 0.727.